The average molecular weight is 267 g/mol. The zero-order chi connectivity index (χ0) is 14.3. The molecule has 108 valence electrons. The molecule has 0 fully saturated rings. The number of benzene rings is 1. The highest BCUT2D eigenvalue weighted by atomic mass is 16.5. The van der Waals surface area contributed by atoms with Crippen LogP contribution in [0, 0.1) is 0 Å². The summed E-state index contributed by atoms with van der Waals surface area (Å²) >= 11 is 0. The van der Waals surface area contributed by atoms with Crippen LogP contribution in [-0.2, 0) is 0 Å². The van der Waals surface area contributed by atoms with Gasteiger partial charge in [-0.3, -0.25) is 0 Å². The third-order valence-electron chi connectivity index (χ3n) is 2.99. The van der Waals surface area contributed by atoms with Crippen molar-refractivity contribution in [2.75, 3.05) is 20.3 Å². The highest BCUT2D eigenvalue weighted by Crippen LogP contribution is 2.30. The van der Waals surface area contributed by atoms with Crippen molar-refractivity contribution in [3.05, 3.63) is 23.8 Å². The summed E-state index contributed by atoms with van der Waals surface area (Å²) in [6.45, 7) is 7.36. The molecular formula is C15H25NO3. The van der Waals surface area contributed by atoms with E-state index in [0.717, 1.165) is 18.0 Å². The van der Waals surface area contributed by atoms with E-state index >= 15 is 0 Å². The summed E-state index contributed by atoms with van der Waals surface area (Å²) in [5.74, 6) is 1.45. The number of hydrogen-bond donors (Lipinski definition) is 2. The first-order chi connectivity index (χ1) is 9.08. The number of nitrogens with one attached hydrogen (secondary N) is 1. The lowest BCUT2D eigenvalue weighted by Gasteiger charge is -2.16. The molecule has 4 heteroatoms. The van der Waals surface area contributed by atoms with Gasteiger partial charge in [-0.15, -0.1) is 0 Å². The van der Waals surface area contributed by atoms with Gasteiger partial charge >= 0.3 is 0 Å². The molecule has 0 saturated carbocycles. The second-order valence-electron chi connectivity index (χ2n) is 4.68. The smallest absolute Gasteiger partial charge is 0.161 e. The lowest BCUT2D eigenvalue weighted by molar-refractivity contribution is 0.154. The molecule has 2 N–H and O–H groups in total. The van der Waals surface area contributed by atoms with Gasteiger partial charge in [-0.25, -0.2) is 0 Å². The summed E-state index contributed by atoms with van der Waals surface area (Å²) < 4.78 is 11.0. The first-order valence-corrected chi connectivity index (χ1v) is 6.80. The van der Waals surface area contributed by atoms with E-state index in [0.29, 0.717) is 13.0 Å². The number of aliphatic hydroxyl groups is 1. The molecule has 4 nitrogen and oxygen atoms in total. The summed E-state index contributed by atoms with van der Waals surface area (Å²) in [6.07, 6.45) is 0.262. The van der Waals surface area contributed by atoms with Crippen LogP contribution in [0.25, 0.3) is 0 Å². The van der Waals surface area contributed by atoms with Crippen molar-refractivity contribution >= 4 is 0 Å². The minimum Gasteiger partial charge on any atom is -0.493 e. The van der Waals surface area contributed by atoms with Gasteiger partial charge in [-0.1, -0.05) is 13.0 Å². The first kappa shape index (κ1) is 15.8. The maximum absolute atomic E-state index is 9.21. The Labute approximate surface area is 115 Å². The largest absolute Gasteiger partial charge is 0.493 e. The molecule has 1 aromatic carbocycles. The average Bonchev–Trinajstić information content (AvgIpc) is 2.38. The Kier molecular flexibility index (Phi) is 6.67. The SMILES string of the molecule is CCNC(C)c1ccc(OCCC(C)O)c(OC)c1. The molecule has 2 atom stereocenters. The molecule has 1 aromatic rings. The Morgan fingerprint density at radius 2 is 2.00 bits per heavy atom. The Morgan fingerprint density at radius 1 is 1.26 bits per heavy atom. The van der Waals surface area contributed by atoms with E-state index in [4.69, 9.17) is 9.47 Å². The van der Waals surface area contributed by atoms with Crippen molar-refractivity contribution in [3.8, 4) is 11.5 Å². The highest BCUT2D eigenvalue weighted by Gasteiger charge is 2.10. The molecule has 0 radical (unpaired) electrons. The maximum Gasteiger partial charge on any atom is 0.161 e. The molecule has 0 heterocycles. The molecule has 1 rings (SSSR count). The molecule has 19 heavy (non-hydrogen) atoms. The van der Waals surface area contributed by atoms with E-state index in [2.05, 4.69) is 19.2 Å². The van der Waals surface area contributed by atoms with E-state index in [-0.39, 0.29) is 12.1 Å². The zero-order valence-corrected chi connectivity index (χ0v) is 12.3. The number of ether oxygens (including phenoxy) is 2. The van der Waals surface area contributed by atoms with Gasteiger partial charge in [0.2, 0.25) is 0 Å². The van der Waals surface area contributed by atoms with E-state index < -0.39 is 0 Å². The lowest BCUT2D eigenvalue weighted by Crippen LogP contribution is -2.17. The topological polar surface area (TPSA) is 50.7 Å². The third kappa shape index (κ3) is 5.09. The van der Waals surface area contributed by atoms with E-state index in [9.17, 15) is 5.11 Å². The Balaban J connectivity index is 2.72. The van der Waals surface area contributed by atoms with Gasteiger partial charge < -0.3 is 19.9 Å². The van der Waals surface area contributed by atoms with Crippen LogP contribution < -0.4 is 14.8 Å². The van der Waals surface area contributed by atoms with Crippen molar-refractivity contribution in [1.29, 1.82) is 0 Å². The lowest BCUT2D eigenvalue weighted by atomic mass is 10.1. The molecule has 0 amide bonds. The second-order valence-corrected chi connectivity index (χ2v) is 4.68. The van der Waals surface area contributed by atoms with Crippen LogP contribution in [0.3, 0.4) is 0 Å². The molecule has 0 aliphatic heterocycles. The van der Waals surface area contributed by atoms with Crippen molar-refractivity contribution in [2.24, 2.45) is 0 Å². The minimum atomic E-state index is -0.348. The minimum absolute atomic E-state index is 0.283. The third-order valence-corrected chi connectivity index (χ3v) is 2.99. The predicted molar refractivity (Wildman–Crippen MR) is 76.9 cm³/mol. The summed E-state index contributed by atoms with van der Waals surface area (Å²) in [5, 5.41) is 12.6. The number of rotatable bonds is 8. The molecule has 0 saturated heterocycles. The fourth-order valence-electron chi connectivity index (χ4n) is 1.84. The van der Waals surface area contributed by atoms with Crippen LogP contribution in [0.1, 0.15) is 38.8 Å². The standard InChI is InChI=1S/C15H25NO3/c1-5-16-12(3)13-6-7-14(15(10-13)18-4)19-9-8-11(2)17/h6-7,10-12,16-17H,5,8-9H2,1-4H3. The van der Waals surface area contributed by atoms with Crippen molar-refractivity contribution in [1.82, 2.24) is 5.32 Å². The van der Waals surface area contributed by atoms with Crippen molar-refractivity contribution in [3.63, 3.8) is 0 Å². The van der Waals surface area contributed by atoms with Gasteiger partial charge in [0.1, 0.15) is 0 Å². The Hall–Kier alpha value is -1.26. The quantitative estimate of drug-likeness (QED) is 0.760. The summed E-state index contributed by atoms with van der Waals surface area (Å²) in [4.78, 5) is 0. The van der Waals surface area contributed by atoms with Crippen LogP contribution in [0.4, 0.5) is 0 Å². The van der Waals surface area contributed by atoms with Crippen molar-refractivity contribution in [2.45, 2.75) is 39.3 Å². The van der Waals surface area contributed by atoms with E-state index in [1.165, 1.54) is 5.56 Å². The van der Waals surface area contributed by atoms with Gasteiger partial charge in [-0.05, 0) is 38.1 Å². The van der Waals surface area contributed by atoms with Crippen LogP contribution in [0.15, 0.2) is 18.2 Å². The van der Waals surface area contributed by atoms with Crippen LogP contribution in [-0.4, -0.2) is 31.5 Å². The summed E-state index contributed by atoms with van der Waals surface area (Å²) in [7, 11) is 1.64. The number of hydrogen-bond acceptors (Lipinski definition) is 4. The molecule has 0 spiro atoms. The highest BCUT2D eigenvalue weighted by molar-refractivity contribution is 5.43. The molecule has 0 aliphatic rings. The fraction of sp³-hybridized carbons (Fsp3) is 0.600. The fourth-order valence-corrected chi connectivity index (χ4v) is 1.84. The van der Waals surface area contributed by atoms with E-state index in [1.54, 1.807) is 14.0 Å². The first-order valence-electron chi connectivity index (χ1n) is 6.80. The van der Waals surface area contributed by atoms with Gasteiger partial charge in [0.15, 0.2) is 11.5 Å². The van der Waals surface area contributed by atoms with Gasteiger partial charge in [0.25, 0.3) is 0 Å². The van der Waals surface area contributed by atoms with Crippen LogP contribution >= 0.6 is 0 Å². The van der Waals surface area contributed by atoms with Gasteiger partial charge in [-0.2, -0.15) is 0 Å². The number of methoxy groups -OCH3 is 1. The van der Waals surface area contributed by atoms with Crippen LogP contribution in [0.5, 0.6) is 11.5 Å². The Morgan fingerprint density at radius 3 is 2.58 bits per heavy atom. The molecule has 2 unspecified atom stereocenters. The predicted octanol–water partition coefficient (Wildman–Crippen LogP) is 2.52. The second kappa shape index (κ2) is 8.02. The summed E-state index contributed by atoms with van der Waals surface area (Å²) in [5.41, 5.74) is 1.17. The molecule has 0 aromatic heterocycles. The van der Waals surface area contributed by atoms with E-state index in [1.807, 2.05) is 18.2 Å². The van der Waals surface area contributed by atoms with Gasteiger partial charge in [0.05, 0.1) is 19.8 Å². The molecule has 0 aliphatic carbocycles. The van der Waals surface area contributed by atoms with Crippen LogP contribution in [0.2, 0.25) is 0 Å². The summed E-state index contributed by atoms with van der Waals surface area (Å²) in [6, 6.07) is 6.23. The molecular weight excluding hydrogens is 242 g/mol. The normalized spacial score (nSPS) is 13.9. The number of aliphatic hydroxyl groups excluding tert-OH is 1. The zero-order valence-electron chi connectivity index (χ0n) is 12.3. The van der Waals surface area contributed by atoms with Gasteiger partial charge in [0, 0.05) is 12.5 Å². The maximum atomic E-state index is 9.21. The Bertz CT molecular complexity index is 380. The monoisotopic (exact) mass is 267 g/mol. The molecule has 0 bridgehead atoms. The van der Waals surface area contributed by atoms with Crippen molar-refractivity contribution < 1.29 is 14.6 Å².